The van der Waals surface area contributed by atoms with Crippen LogP contribution in [0.2, 0.25) is 0 Å². The molecule has 1 aromatic rings. The monoisotopic (exact) mass is 251 g/mol. The van der Waals surface area contributed by atoms with Crippen LogP contribution in [0.3, 0.4) is 0 Å². The summed E-state index contributed by atoms with van der Waals surface area (Å²) in [5.41, 5.74) is 0. The summed E-state index contributed by atoms with van der Waals surface area (Å²) in [6, 6.07) is 0. The molecule has 3 heterocycles. The first-order valence-electron chi connectivity index (χ1n) is 6.98. The van der Waals surface area contributed by atoms with Crippen molar-refractivity contribution < 1.29 is 9.84 Å². The minimum Gasteiger partial charge on any atom is -0.396 e. The molecule has 0 spiro atoms. The molecule has 0 aromatic carbocycles. The minimum absolute atomic E-state index is 0.259. The zero-order chi connectivity index (χ0) is 12.5. The molecule has 3 rings (SSSR count). The quantitative estimate of drug-likeness (QED) is 0.874. The predicted octanol–water partition coefficient (Wildman–Crippen LogP) is 1.12. The van der Waals surface area contributed by atoms with Crippen LogP contribution in [0.4, 0.5) is 0 Å². The number of aromatic nitrogens is 3. The average molecular weight is 251 g/mol. The molecule has 1 fully saturated rings. The number of rotatable bonds is 3. The van der Waals surface area contributed by atoms with Crippen molar-refractivity contribution >= 4 is 0 Å². The summed E-state index contributed by atoms with van der Waals surface area (Å²) in [6.45, 7) is 4.11. The Bertz CT molecular complexity index is 418. The molecule has 1 saturated heterocycles. The first-order valence-corrected chi connectivity index (χ1v) is 6.98. The van der Waals surface area contributed by atoms with Crippen LogP contribution in [-0.2, 0) is 17.7 Å². The fourth-order valence-electron chi connectivity index (χ4n) is 3.19. The van der Waals surface area contributed by atoms with Crippen LogP contribution in [0.25, 0.3) is 0 Å². The fraction of sp³-hybridized carbons (Fsp3) is 0.846. The number of aliphatic hydroxyl groups excluding tert-OH is 1. The molecule has 18 heavy (non-hydrogen) atoms. The van der Waals surface area contributed by atoms with Gasteiger partial charge in [0.1, 0.15) is 11.6 Å². The second-order valence-corrected chi connectivity index (χ2v) is 5.38. The van der Waals surface area contributed by atoms with Gasteiger partial charge in [-0.1, -0.05) is 6.92 Å². The van der Waals surface area contributed by atoms with Crippen LogP contribution in [0.15, 0.2) is 0 Å². The van der Waals surface area contributed by atoms with Crippen LogP contribution in [-0.4, -0.2) is 39.2 Å². The lowest BCUT2D eigenvalue weighted by Crippen LogP contribution is -2.26. The summed E-state index contributed by atoms with van der Waals surface area (Å²) in [6.07, 6.45) is 4.31. The molecule has 3 unspecified atom stereocenters. The normalized spacial score (nSPS) is 31.6. The van der Waals surface area contributed by atoms with E-state index in [9.17, 15) is 5.11 Å². The van der Waals surface area contributed by atoms with Gasteiger partial charge in [-0.3, -0.25) is 0 Å². The van der Waals surface area contributed by atoms with E-state index >= 15 is 0 Å². The van der Waals surface area contributed by atoms with Gasteiger partial charge in [-0.05, 0) is 19.3 Å². The van der Waals surface area contributed by atoms with Gasteiger partial charge in [0.15, 0.2) is 0 Å². The Kier molecular flexibility index (Phi) is 3.35. The molecule has 100 valence electrons. The van der Waals surface area contributed by atoms with Gasteiger partial charge in [0.2, 0.25) is 0 Å². The maximum Gasteiger partial charge on any atom is 0.138 e. The second kappa shape index (κ2) is 4.97. The van der Waals surface area contributed by atoms with E-state index in [-0.39, 0.29) is 12.7 Å². The van der Waals surface area contributed by atoms with Crippen LogP contribution in [0.5, 0.6) is 0 Å². The molecular formula is C13H21N3O2. The van der Waals surface area contributed by atoms with E-state index in [0.29, 0.717) is 11.8 Å². The molecule has 0 aliphatic carbocycles. The van der Waals surface area contributed by atoms with Crippen LogP contribution in [0.1, 0.15) is 43.8 Å². The van der Waals surface area contributed by atoms with Gasteiger partial charge in [-0.15, -0.1) is 10.2 Å². The van der Waals surface area contributed by atoms with Gasteiger partial charge in [0.25, 0.3) is 0 Å². The predicted molar refractivity (Wildman–Crippen MR) is 66.3 cm³/mol. The van der Waals surface area contributed by atoms with Crippen molar-refractivity contribution in [3.63, 3.8) is 0 Å². The third kappa shape index (κ3) is 1.95. The highest BCUT2D eigenvalue weighted by atomic mass is 16.5. The molecule has 5 nitrogen and oxygen atoms in total. The molecule has 2 aliphatic heterocycles. The second-order valence-electron chi connectivity index (χ2n) is 5.38. The van der Waals surface area contributed by atoms with Gasteiger partial charge >= 0.3 is 0 Å². The van der Waals surface area contributed by atoms with Gasteiger partial charge in [0.05, 0.1) is 6.10 Å². The Labute approximate surface area is 107 Å². The molecular weight excluding hydrogens is 230 g/mol. The fourth-order valence-corrected chi connectivity index (χ4v) is 3.19. The Morgan fingerprint density at radius 1 is 1.39 bits per heavy atom. The number of fused-ring (bicyclic) bond motifs is 1. The highest BCUT2D eigenvalue weighted by Gasteiger charge is 2.34. The number of hydrogen-bond donors (Lipinski definition) is 1. The van der Waals surface area contributed by atoms with Crippen LogP contribution in [0, 0.1) is 5.92 Å². The third-order valence-electron chi connectivity index (χ3n) is 4.27. The number of aliphatic hydroxyl groups is 1. The van der Waals surface area contributed by atoms with Gasteiger partial charge in [-0.2, -0.15) is 0 Å². The maximum atomic E-state index is 9.33. The highest BCUT2D eigenvalue weighted by molar-refractivity contribution is 5.08. The molecule has 0 amide bonds. The summed E-state index contributed by atoms with van der Waals surface area (Å²) in [4.78, 5) is 0. The van der Waals surface area contributed by atoms with E-state index in [0.717, 1.165) is 50.5 Å². The van der Waals surface area contributed by atoms with Crippen molar-refractivity contribution in [2.45, 2.75) is 51.2 Å². The minimum atomic E-state index is 0.259. The van der Waals surface area contributed by atoms with Gasteiger partial charge < -0.3 is 14.4 Å². The lowest BCUT2D eigenvalue weighted by molar-refractivity contribution is 0.0982. The molecule has 0 radical (unpaired) electrons. The van der Waals surface area contributed by atoms with Crippen molar-refractivity contribution in [2.24, 2.45) is 5.92 Å². The number of hydrogen-bond acceptors (Lipinski definition) is 4. The summed E-state index contributed by atoms with van der Waals surface area (Å²) in [5.74, 6) is 2.90. The van der Waals surface area contributed by atoms with E-state index < -0.39 is 0 Å². The molecule has 2 aliphatic rings. The van der Waals surface area contributed by atoms with Crippen molar-refractivity contribution in [3.8, 4) is 0 Å². The smallest absolute Gasteiger partial charge is 0.138 e. The molecule has 1 aromatic heterocycles. The van der Waals surface area contributed by atoms with Gasteiger partial charge in [-0.25, -0.2) is 0 Å². The van der Waals surface area contributed by atoms with E-state index in [1.807, 2.05) is 0 Å². The summed E-state index contributed by atoms with van der Waals surface area (Å²) < 4.78 is 7.98. The van der Waals surface area contributed by atoms with Crippen molar-refractivity contribution in [3.05, 3.63) is 11.6 Å². The topological polar surface area (TPSA) is 60.2 Å². The lowest BCUT2D eigenvalue weighted by atomic mass is 9.96. The van der Waals surface area contributed by atoms with Crippen molar-refractivity contribution in [1.82, 2.24) is 14.8 Å². The first kappa shape index (κ1) is 12.1. The van der Waals surface area contributed by atoms with Gasteiger partial charge in [0, 0.05) is 38.0 Å². The maximum absolute atomic E-state index is 9.33. The zero-order valence-corrected chi connectivity index (χ0v) is 10.9. The zero-order valence-electron chi connectivity index (χ0n) is 10.9. The first-order chi connectivity index (χ1) is 8.83. The lowest BCUT2D eigenvalue weighted by Gasteiger charge is -2.25. The van der Waals surface area contributed by atoms with E-state index in [1.54, 1.807) is 0 Å². The van der Waals surface area contributed by atoms with Crippen LogP contribution >= 0.6 is 0 Å². The summed E-state index contributed by atoms with van der Waals surface area (Å²) in [5, 5.41) is 18.0. The number of ether oxygens (including phenoxy) is 1. The average Bonchev–Trinajstić information content (AvgIpc) is 3.03. The van der Waals surface area contributed by atoms with E-state index in [1.165, 1.54) is 0 Å². The van der Waals surface area contributed by atoms with Crippen LogP contribution < -0.4 is 0 Å². The number of nitrogens with zero attached hydrogens (tertiary/aromatic N) is 3. The molecule has 0 bridgehead atoms. The van der Waals surface area contributed by atoms with E-state index in [2.05, 4.69) is 21.7 Å². The van der Waals surface area contributed by atoms with E-state index in [4.69, 9.17) is 4.74 Å². The number of aryl methyl sites for hydroxylation is 1. The highest BCUT2D eigenvalue weighted by Crippen LogP contribution is 2.33. The molecule has 1 N–H and O–H groups in total. The Balaban J connectivity index is 1.87. The molecule has 5 heteroatoms. The molecule has 3 atom stereocenters. The Hall–Kier alpha value is -0.940. The Morgan fingerprint density at radius 2 is 2.28 bits per heavy atom. The Morgan fingerprint density at radius 3 is 3.06 bits per heavy atom. The van der Waals surface area contributed by atoms with Crippen molar-refractivity contribution in [2.75, 3.05) is 13.2 Å². The molecule has 0 saturated carbocycles. The summed E-state index contributed by atoms with van der Waals surface area (Å²) >= 11 is 0. The third-order valence-corrected chi connectivity index (χ3v) is 4.27. The standard InChI is InChI=1S/C13H21N3O2/c1-2-11-10(5-6-18-11)13-15-14-12-4-3-9(8-17)7-16(12)13/h9-11,17H,2-8H2,1H3. The summed E-state index contributed by atoms with van der Waals surface area (Å²) in [7, 11) is 0. The van der Waals surface area contributed by atoms with Crippen molar-refractivity contribution in [1.29, 1.82) is 0 Å². The largest absolute Gasteiger partial charge is 0.396 e. The SMILES string of the molecule is CCC1OCCC1c1nnc2n1CC(CO)CC2.